The number of halogens is 1. The highest BCUT2D eigenvalue weighted by Gasteiger charge is 2.44. The van der Waals surface area contributed by atoms with Crippen LogP contribution in [0, 0.1) is 11.8 Å². The molecule has 1 aromatic heterocycles. The van der Waals surface area contributed by atoms with Gasteiger partial charge in [0.25, 0.3) is 5.91 Å². The summed E-state index contributed by atoms with van der Waals surface area (Å²) in [5.74, 6) is -1.50. The standard InChI is InChI=1S/C39H46ClN5O6S2/c1-25(2)21-43(53(50,51)30-15-16-31(40)32(41)20-30)23-34(46)33(19-27-10-6-5-7-11-27)42-38(48)37(26(3)4)45-24-36(47)44(39(45)49)22-28-12-8-13-29(18-28)35-14-9-17-52-35/h5-18,20,25-26,33-34,37,46H,19,21-24,41H2,1-4H3,(H,42,48)/t33-,34-,37?/m0/s1. The van der Waals surface area contributed by atoms with Gasteiger partial charge >= 0.3 is 6.03 Å². The number of nitrogens with zero attached hydrogens (tertiary/aromatic N) is 3. The van der Waals surface area contributed by atoms with Gasteiger partial charge < -0.3 is 21.1 Å². The third-order valence-electron chi connectivity index (χ3n) is 9.05. The zero-order chi connectivity index (χ0) is 38.4. The lowest BCUT2D eigenvalue weighted by Crippen LogP contribution is -2.57. The fourth-order valence-electron chi connectivity index (χ4n) is 6.45. The van der Waals surface area contributed by atoms with Crippen LogP contribution in [0.1, 0.15) is 38.8 Å². The van der Waals surface area contributed by atoms with Crippen molar-refractivity contribution in [3.8, 4) is 10.4 Å². The molecule has 0 radical (unpaired) electrons. The molecule has 4 amide bonds. The van der Waals surface area contributed by atoms with Crippen LogP contribution in [0.4, 0.5) is 10.5 Å². The highest BCUT2D eigenvalue weighted by molar-refractivity contribution is 7.89. The summed E-state index contributed by atoms with van der Waals surface area (Å²) in [6, 6.07) is 22.3. The number of benzene rings is 3. The summed E-state index contributed by atoms with van der Waals surface area (Å²) in [7, 11) is -4.14. The molecule has 3 aromatic carbocycles. The van der Waals surface area contributed by atoms with Crippen molar-refractivity contribution in [2.75, 3.05) is 25.4 Å². The highest BCUT2D eigenvalue weighted by Crippen LogP contribution is 2.28. The molecule has 0 spiro atoms. The Bertz CT molecular complexity index is 2010. The first-order valence-corrected chi connectivity index (χ1v) is 20.2. The van der Waals surface area contributed by atoms with Gasteiger partial charge in [-0.3, -0.25) is 14.5 Å². The predicted molar refractivity (Wildman–Crippen MR) is 209 cm³/mol. The second-order valence-corrected chi connectivity index (χ2v) is 17.3. The second kappa shape index (κ2) is 17.3. The average molecular weight is 780 g/mol. The van der Waals surface area contributed by atoms with Gasteiger partial charge in [0.05, 0.1) is 34.3 Å². The Morgan fingerprint density at radius 3 is 2.32 bits per heavy atom. The number of hydrogen-bond donors (Lipinski definition) is 3. The number of thiophene rings is 1. The molecule has 1 unspecified atom stereocenters. The molecule has 4 aromatic rings. The number of sulfonamides is 1. The monoisotopic (exact) mass is 779 g/mol. The quantitative estimate of drug-likeness (QED) is 0.0950. The van der Waals surface area contributed by atoms with Crippen molar-refractivity contribution in [1.29, 1.82) is 0 Å². The molecule has 4 N–H and O–H groups in total. The Labute approximate surface area is 320 Å². The number of aliphatic hydroxyl groups excluding tert-OH is 1. The van der Waals surface area contributed by atoms with Gasteiger partial charge in [-0.05, 0) is 70.7 Å². The Morgan fingerprint density at radius 1 is 0.962 bits per heavy atom. The van der Waals surface area contributed by atoms with Crippen LogP contribution in [-0.2, 0) is 32.6 Å². The van der Waals surface area contributed by atoms with Crippen molar-refractivity contribution in [1.82, 2.24) is 19.4 Å². The first-order chi connectivity index (χ1) is 25.1. The normalized spacial score (nSPS) is 15.4. The van der Waals surface area contributed by atoms with E-state index in [-0.39, 0.29) is 54.1 Å². The Balaban J connectivity index is 1.38. The van der Waals surface area contributed by atoms with Gasteiger partial charge in [-0.2, -0.15) is 4.31 Å². The minimum atomic E-state index is -4.14. The number of anilines is 1. The molecule has 3 atom stereocenters. The van der Waals surface area contributed by atoms with E-state index in [9.17, 15) is 27.9 Å². The maximum Gasteiger partial charge on any atom is 0.328 e. The molecule has 5 rings (SSSR count). The summed E-state index contributed by atoms with van der Waals surface area (Å²) in [6.45, 7) is 6.80. The number of rotatable bonds is 16. The topological polar surface area (TPSA) is 153 Å². The van der Waals surface area contributed by atoms with Crippen molar-refractivity contribution < 1.29 is 27.9 Å². The van der Waals surface area contributed by atoms with E-state index < -0.39 is 52.0 Å². The SMILES string of the molecule is CC(C)CN(C[C@H](O)[C@H](Cc1ccccc1)NC(=O)C(C(C)C)N1CC(=O)N(Cc2cccc(-c3cccs3)c2)C1=O)S(=O)(=O)c1ccc(Cl)c(N)c1. The molecule has 2 heterocycles. The van der Waals surface area contributed by atoms with Crippen LogP contribution in [0.5, 0.6) is 0 Å². The lowest BCUT2D eigenvalue weighted by atomic mass is 9.97. The van der Waals surface area contributed by atoms with Crippen LogP contribution in [0.25, 0.3) is 10.4 Å². The van der Waals surface area contributed by atoms with Crippen LogP contribution in [0.15, 0.2) is 95.2 Å². The van der Waals surface area contributed by atoms with Gasteiger partial charge in [-0.1, -0.05) is 93.9 Å². The number of nitrogens with two attached hydrogens (primary N) is 1. The van der Waals surface area contributed by atoms with E-state index in [0.29, 0.717) is 0 Å². The fraction of sp³-hybridized carbons (Fsp3) is 0.359. The zero-order valence-electron chi connectivity index (χ0n) is 30.2. The molecule has 282 valence electrons. The Morgan fingerprint density at radius 2 is 1.68 bits per heavy atom. The average Bonchev–Trinajstić information content (AvgIpc) is 3.74. The van der Waals surface area contributed by atoms with E-state index in [0.717, 1.165) is 26.5 Å². The molecular formula is C39H46ClN5O6S2. The van der Waals surface area contributed by atoms with Crippen LogP contribution in [0.3, 0.4) is 0 Å². The summed E-state index contributed by atoms with van der Waals surface area (Å²) < 4.78 is 29.0. The number of nitrogen functional groups attached to an aromatic ring is 1. The van der Waals surface area contributed by atoms with E-state index in [2.05, 4.69) is 5.32 Å². The molecule has 0 aliphatic carbocycles. The third kappa shape index (κ3) is 9.64. The lowest BCUT2D eigenvalue weighted by molar-refractivity contribution is -0.129. The Kier molecular flexibility index (Phi) is 13.0. The molecule has 1 fully saturated rings. The van der Waals surface area contributed by atoms with E-state index in [1.807, 2.05) is 86.0 Å². The van der Waals surface area contributed by atoms with Crippen molar-refractivity contribution in [3.05, 3.63) is 106 Å². The number of amides is 4. The van der Waals surface area contributed by atoms with Crippen LogP contribution < -0.4 is 11.1 Å². The van der Waals surface area contributed by atoms with Crippen molar-refractivity contribution >= 4 is 56.5 Å². The number of nitrogens with one attached hydrogen (secondary N) is 1. The van der Waals surface area contributed by atoms with Gasteiger partial charge in [0.1, 0.15) is 12.6 Å². The van der Waals surface area contributed by atoms with Gasteiger partial charge in [0.2, 0.25) is 15.9 Å². The molecule has 11 nitrogen and oxygen atoms in total. The summed E-state index contributed by atoms with van der Waals surface area (Å²) in [5.41, 5.74) is 8.60. The molecule has 0 bridgehead atoms. The largest absolute Gasteiger partial charge is 0.397 e. The maximum absolute atomic E-state index is 14.2. The number of aliphatic hydroxyl groups is 1. The summed E-state index contributed by atoms with van der Waals surface area (Å²) in [5, 5.41) is 16.9. The van der Waals surface area contributed by atoms with Gasteiger partial charge in [-0.25, -0.2) is 13.2 Å². The van der Waals surface area contributed by atoms with Crippen molar-refractivity contribution in [2.45, 2.75) is 63.7 Å². The Hall–Kier alpha value is -4.27. The minimum absolute atomic E-state index is 0.0502. The van der Waals surface area contributed by atoms with Crippen molar-refractivity contribution in [3.63, 3.8) is 0 Å². The molecule has 0 saturated carbocycles. The number of imide groups is 1. The molecule has 53 heavy (non-hydrogen) atoms. The molecule has 1 aliphatic rings. The van der Waals surface area contributed by atoms with Crippen LogP contribution >= 0.6 is 22.9 Å². The predicted octanol–water partition coefficient (Wildman–Crippen LogP) is 5.87. The van der Waals surface area contributed by atoms with E-state index >= 15 is 0 Å². The first kappa shape index (κ1) is 39.9. The minimum Gasteiger partial charge on any atom is -0.397 e. The highest BCUT2D eigenvalue weighted by atomic mass is 35.5. The summed E-state index contributed by atoms with van der Waals surface area (Å²) in [4.78, 5) is 44.8. The van der Waals surface area contributed by atoms with Gasteiger partial charge in [0.15, 0.2) is 0 Å². The molecule has 1 aliphatic heterocycles. The second-order valence-electron chi connectivity index (χ2n) is 14.0. The maximum atomic E-state index is 14.2. The smallest absolute Gasteiger partial charge is 0.328 e. The van der Waals surface area contributed by atoms with Crippen molar-refractivity contribution in [2.24, 2.45) is 11.8 Å². The third-order valence-corrected chi connectivity index (χ3v) is 12.1. The van der Waals surface area contributed by atoms with E-state index in [4.69, 9.17) is 17.3 Å². The first-order valence-electron chi connectivity index (χ1n) is 17.5. The number of hydrogen-bond acceptors (Lipinski definition) is 8. The molecule has 14 heteroatoms. The van der Waals surface area contributed by atoms with Gasteiger partial charge in [-0.15, -0.1) is 11.3 Å². The summed E-state index contributed by atoms with van der Waals surface area (Å²) in [6.07, 6.45) is -1.20. The fourth-order valence-corrected chi connectivity index (χ4v) is 8.95. The zero-order valence-corrected chi connectivity index (χ0v) is 32.6. The van der Waals surface area contributed by atoms with E-state index in [1.54, 1.807) is 25.2 Å². The molecule has 1 saturated heterocycles. The van der Waals surface area contributed by atoms with Crippen LogP contribution in [0.2, 0.25) is 5.02 Å². The van der Waals surface area contributed by atoms with Crippen LogP contribution in [-0.4, -0.2) is 83.3 Å². The number of carbonyl (C=O) groups excluding carboxylic acids is 3. The molecular weight excluding hydrogens is 734 g/mol. The van der Waals surface area contributed by atoms with E-state index in [1.165, 1.54) is 27.4 Å². The summed E-state index contributed by atoms with van der Waals surface area (Å²) >= 11 is 7.66. The number of urea groups is 1. The van der Waals surface area contributed by atoms with Gasteiger partial charge in [0, 0.05) is 18.0 Å². The number of carbonyl (C=O) groups is 3. The lowest BCUT2D eigenvalue weighted by Gasteiger charge is -2.34.